The molecular weight excluding hydrogens is 306 g/mol. The first-order chi connectivity index (χ1) is 11.3. The van der Waals surface area contributed by atoms with Crippen LogP contribution in [-0.4, -0.2) is 15.0 Å². The Bertz CT molecular complexity index is 930. The molecule has 1 aromatic heterocycles. The van der Waals surface area contributed by atoms with E-state index < -0.39 is 0 Å². The molecule has 112 valence electrons. The Morgan fingerprint density at radius 1 is 0.739 bits per heavy atom. The summed E-state index contributed by atoms with van der Waals surface area (Å²) in [5, 5.41) is 9.43. The molecule has 0 spiro atoms. The summed E-state index contributed by atoms with van der Waals surface area (Å²) in [6, 6.07) is 26.2. The van der Waals surface area contributed by atoms with E-state index >= 15 is 0 Å². The summed E-state index contributed by atoms with van der Waals surface area (Å²) in [6.07, 6.45) is 0. The van der Waals surface area contributed by atoms with Gasteiger partial charge in [0.05, 0.1) is 5.52 Å². The van der Waals surface area contributed by atoms with E-state index in [2.05, 4.69) is 22.4 Å². The zero-order valence-electron chi connectivity index (χ0n) is 12.3. The van der Waals surface area contributed by atoms with Crippen molar-refractivity contribution in [2.45, 2.75) is 6.04 Å². The summed E-state index contributed by atoms with van der Waals surface area (Å²) in [6.45, 7) is 0. The molecule has 0 aliphatic heterocycles. The van der Waals surface area contributed by atoms with Gasteiger partial charge in [0, 0.05) is 5.02 Å². The average molecular weight is 320 g/mol. The van der Waals surface area contributed by atoms with Gasteiger partial charge in [-0.3, -0.25) is 0 Å². The van der Waals surface area contributed by atoms with Crippen molar-refractivity contribution < 1.29 is 0 Å². The quantitative estimate of drug-likeness (QED) is 0.547. The lowest BCUT2D eigenvalue weighted by atomic mass is 9.98. The van der Waals surface area contributed by atoms with Crippen molar-refractivity contribution >= 4 is 22.6 Å². The number of halogens is 1. The van der Waals surface area contributed by atoms with E-state index in [1.807, 2.05) is 71.4 Å². The second-order valence-corrected chi connectivity index (χ2v) is 5.82. The second-order valence-electron chi connectivity index (χ2n) is 5.39. The Kier molecular flexibility index (Phi) is 3.56. The molecule has 0 radical (unpaired) electrons. The van der Waals surface area contributed by atoms with Crippen LogP contribution in [0.4, 0.5) is 0 Å². The lowest BCUT2D eigenvalue weighted by Crippen LogP contribution is -2.13. The van der Waals surface area contributed by atoms with Gasteiger partial charge in [0.2, 0.25) is 0 Å². The van der Waals surface area contributed by atoms with Gasteiger partial charge in [0.15, 0.2) is 0 Å². The van der Waals surface area contributed by atoms with Crippen molar-refractivity contribution in [3.05, 3.63) is 95.0 Å². The molecular formula is C19H14ClN3. The molecule has 0 fully saturated rings. The lowest BCUT2D eigenvalue weighted by Gasteiger charge is -2.19. The molecule has 3 nitrogen and oxygen atoms in total. The number of benzene rings is 3. The molecule has 0 aliphatic rings. The van der Waals surface area contributed by atoms with E-state index in [9.17, 15) is 0 Å². The number of fused-ring (bicyclic) bond motifs is 1. The monoisotopic (exact) mass is 319 g/mol. The van der Waals surface area contributed by atoms with Gasteiger partial charge in [-0.15, -0.1) is 5.10 Å². The maximum absolute atomic E-state index is 6.05. The highest BCUT2D eigenvalue weighted by Crippen LogP contribution is 2.29. The van der Waals surface area contributed by atoms with Crippen molar-refractivity contribution in [3.63, 3.8) is 0 Å². The Morgan fingerprint density at radius 2 is 1.39 bits per heavy atom. The van der Waals surface area contributed by atoms with Crippen LogP contribution in [0.2, 0.25) is 5.02 Å². The maximum atomic E-state index is 6.05. The highest BCUT2D eigenvalue weighted by molar-refractivity contribution is 6.30. The normalized spacial score (nSPS) is 12.4. The summed E-state index contributed by atoms with van der Waals surface area (Å²) in [4.78, 5) is 0. The Labute approximate surface area is 139 Å². The molecule has 0 amide bonds. The van der Waals surface area contributed by atoms with Crippen LogP contribution in [0, 0.1) is 0 Å². The van der Waals surface area contributed by atoms with E-state index in [0.717, 1.165) is 27.2 Å². The third-order valence-electron chi connectivity index (χ3n) is 3.92. The molecule has 4 aromatic rings. The molecule has 0 aliphatic carbocycles. The van der Waals surface area contributed by atoms with Gasteiger partial charge in [0.25, 0.3) is 0 Å². The lowest BCUT2D eigenvalue weighted by molar-refractivity contribution is 0.589. The molecule has 1 atom stereocenters. The third kappa shape index (κ3) is 2.60. The molecule has 0 saturated heterocycles. The number of hydrogen-bond donors (Lipinski definition) is 0. The first-order valence-electron chi connectivity index (χ1n) is 7.43. The van der Waals surface area contributed by atoms with E-state index in [0.29, 0.717) is 0 Å². The second kappa shape index (κ2) is 5.86. The molecule has 4 heteroatoms. The summed E-state index contributed by atoms with van der Waals surface area (Å²) < 4.78 is 1.97. The van der Waals surface area contributed by atoms with Crippen LogP contribution in [-0.2, 0) is 0 Å². The molecule has 23 heavy (non-hydrogen) atoms. The van der Waals surface area contributed by atoms with Crippen molar-refractivity contribution in [1.82, 2.24) is 15.0 Å². The fraction of sp³-hybridized carbons (Fsp3) is 0.0526. The number of rotatable bonds is 3. The smallest absolute Gasteiger partial charge is 0.113 e. The van der Waals surface area contributed by atoms with Crippen LogP contribution < -0.4 is 0 Å². The predicted octanol–water partition coefficient (Wildman–Crippen LogP) is 4.72. The number of hydrogen-bond acceptors (Lipinski definition) is 2. The number of para-hydroxylation sites is 1. The average Bonchev–Trinajstić information content (AvgIpc) is 3.02. The molecule has 0 bridgehead atoms. The van der Waals surface area contributed by atoms with Gasteiger partial charge >= 0.3 is 0 Å². The van der Waals surface area contributed by atoms with Crippen LogP contribution in [0.3, 0.4) is 0 Å². The Balaban J connectivity index is 1.94. The summed E-state index contributed by atoms with van der Waals surface area (Å²) in [7, 11) is 0. The highest BCUT2D eigenvalue weighted by atomic mass is 35.5. The standard InChI is InChI=1S/C19H14ClN3/c20-16-12-10-15(11-13-16)19(14-6-2-1-3-7-14)23-18-9-5-4-8-17(18)21-22-23/h1-13,19H. The summed E-state index contributed by atoms with van der Waals surface area (Å²) >= 11 is 6.05. The first kappa shape index (κ1) is 14.0. The molecule has 4 rings (SSSR count). The van der Waals surface area contributed by atoms with Crippen LogP contribution >= 0.6 is 11.6 Å². The van der Waals surface area contributed by atoms with Gasteiger partial charge in [-0.05, 0) is 35.4 Å². The topological polar surface area (TPSA) is 30.7 Å². The SMILES string of the molecule is Clc1ccc(C(c2ccccc2)n2nnc3ccccc32)cc1. The fourth-order valence-corrected chi connectivity index (χ4v) is 2.96. The minimum atomic E-state index is -0.0409. The van der Waals surface area contributed by atoms with Crippen molar-refractivity contribution in [3.8, 4) is 0 Å². The van der Waals surface area contributed by atoms with E-state index in [4.69, 9.17) is 11.6 Å². The fourth-order valence-electron chi connectivity index (χ4n) is 2.83. The largest absolute Gasteiger partial charge is 0.233 e. The van der Waals surface area contributed by atoms with Crippen molar-refractivity contribution in [2.24, 2.45) is 0 Å². The van der Waals surface area contributed by atoms with E-state index in [1.165, 1.54) is 0 Å². The molecule has 1 unspecified atom stereocenters. The summed E-state index contributed by atoms with van der Waals surface area (Å²) in [5.41, 5.74) is 4.18. The summed E-state index contributed by atoms with van der Waals surface area (Å²) in [5.74, 6) is 0. The van der Waals surface area contributed by atoms with Gasteiger partial charge in [-0.2, -0.15) is 0 Å². The Morgan fingerprint density at radius 3 is 2.17 bits per heavy atom. The number of nitrogens with zero attached hydrogens (tertiary/aromatic N) is 3. The van der Waals surface area contributed by atoms with Crippen LogP contribution in [0.5, 0.6) is 0 Å². The first-order valence-corrected chi connectivity index (χ1v) is 7.81. The minimum absolute atomic E-state index is 0.0409. The van der Waals surface area contributed by atoms with Crippen LogP contribution in [0.1, 0.15) is 17.2 Å². The van der Waals surface area contributed by atoms with Crippen molar-refractivity contribution in [2.75, 3.05) is 0 Å². The van der Waals surface area contributed by atoms with E-state index in [1.54, 1.807) is 0 Å². The highest BCUT2D eigenvalue weighted by Gasteiger charge is 2.19. The van der Waals surface area contributed by atoms with Crippen LogP contribution in [0.25, 0.3) is 11.0 Å². The molecule has 0 N–H and O–H groups in total. The van der Waals surface area contributed by atoms with Gasteiger partial charge in [0.1, 0.15) is 11.6 Å². The zero-order valence-corrected chi connectivity index (χ0v) is 13.1. The Hall–Kier alpha value is -2.65. The predicted molar refractivity (Wildman–Crippen MR) is 92.7 cm³/mol. The third-order valence-corrected chi connectivity index (χ3v) is 4.17. The molecule has 0 saturated carbocycles. The van der Waals surface area contributed by atoms with Crippen LogP contribution in [0.15, 0.2) is 78.9 Å². The zero-order chi connectivity index (χ0) is 15.6. The molecule has 3 aromatic carbocycles. The minimum Gasteiger partial charge on any atom is -0.233 e. The van der Waals surface area contributed by atoms with Gasteiger partial charge in [-0.1, -0.05) is 71.4 Å². The van der Waals surface area contributed by atoms with E-state index in [-0.39, 0.29) is 6.04 Å². The van der Waals surface area contributed by atoms with Crippen molar-refractivity contribution in [1.29, 1.82) is 0 Å². The molecule has 1 heterocycles. The maximum Gasteiger partial charge on any atom is 0.113 e. The number of aromatic nitrogens is 3. The van der Waals surface area contributed by atoms with Gasteiger partial charge in [-0.25, -0.2) is 4.68 Å². The van der Waals surface area contributed by atoms with Gasteiger partial charge < -0.3 is 0 Å².